The zero-order valence-corrected chi connectivity index (χ0v) is 12.1. The number of rotatable bonds is 4. The quantitative estimate of drug-likeness (QED) is 0.603. The standard InChI is InChI=1S/C15H19BF2O/c1-9(10(2)11(3)19)7-12-5-6-14(16)13(8-12)15(4,17)18/h5-6,8H,7,16H2,1-4H3/b10-9-. The van der Waals surface area contributed by atoms with Crippen LogP contribution in [0.25, 0.3) is 0 Å². The van der Waals surface area contributed by atoms with Crippen molar-refractivity contribution in [1.82, 2.24) is 0 Å². The summed E-state index contributed by atoms with van der Waals surface area (Å²) in [6.07, 6.45) is 0.523. The Labute approximate surface area is 114 Å². The lowest BCUT2D eigenvalue weighted by molar-refractivity contribution is -0.113. The van der Waals surface area contributed by atoms with Crippen molar-refractivity contribution in [2.75, 3.05) is 0 Å². The van der Waals surface area contributed by atoms with E-state index in [-0.39, 0.29) is 11.3 Å². The third-order valence-electron chi connectivity index (χ3n) is 3.41. The van der Waals surface area contributed by atoms with Gasteiger partial charge in [-0.1, -0.05) is 29.2 Å². The Morgan fingerprint density at radius 1 is 1.26 bits per heavy atom. The van der Waals surface area contributed by atoms with Gasteiger partial charge in [0.2, 0.25) is 0 Å². The van der Waals surface area contributed by atoms with Crippen LogP contribution in [0.15, 0.2) is 29.3 Å². The summed E-state index contributed by atoms with van der Waals surface area (Å²) in [5.41, 5.74) is 3.06. The molecule has 0 aliphatic carbocycles. The molecule has 4 heteroatoms. The summed E-state index contributed by atoms with van der Waals surface area (Å²) >= 11 is 0. The van der Waals surface area contributed by atoms with Gasteiger partial charge in [-0.2, -0.15) is 0 Å². The van der Waals surface area contributed by atoms with Crippen molar-refractivity contribution < 1.29 is 13.6 Å². The molecule has 0 spiro atoms. The molecule has 0 radical (unpaired) electrons. The van der Waals surface area contributed by atoms with E-state index in [1.54, 1.807) is 20.8 Å². The van der Waals surface area contributed by atoms with Crippen LogP contribution in [0.2, 0.25) is 0 Å². The number of alkyl halides is 2. The molecule has 0 aliphatic heterocycles. The summed E-state index contributed by atoms with van der Waals surface area (Å²) in [6, 6.07) is 5.08. The first kappa shape index (κ1) is 15.6. The molecule has 0 bridgehead atoms. The van der Waals surface area contributed by atoms with E-state index in [9.17, 15) is 13.6 Å². The van der Waals surface area contributed by atoms with Crippen LogP contribution in [0.1, 0.15) is 38.8 Å². The van der Waals surface area contributed by atoms with E-state index in [0.29, 0.717) is 17.5 Å². The molecule has 102 valence electrons. The largest absolute Gasteiger partial charge is 0.295 e. The number of benzene rings is 1. The lowest BCUT2D eigenvalue weighted by atomic mass is 9.85. The van der Waals surface area contributed by atoms with Crippen LogP contribution in [0, 0.1) is 0 Å². The van der Waals surface area contributed by atoms with E-state index in [1.807, 2.05) is 13.0 Å². The lowest BCUT2D eigenvalue weighted by Crippen LogP contribution is -2.21. The molecule has 0 heterocycles. The smallest absolute Gasteiger partial charge is 0.269 e. The number of ketones is 1. The Morgan fingerprint density at radius 3 is 2.32 bits per heavy atom. The van der Waals surface area contributed by atoms with E-state index in [0.717, 1.165) is 18.1 Å². The molecule has 1 rings (SSSR count). The van der Waals surface area contributed by atoms with Crippen LogP contribution in [0.4, 0.5) is 8.78 Å². The van der Waals surface area contributed by atoms with E-state index in [1.165, 1.54) is 13.0 Å². The average molecular weight is 264 g/mol. The maximum atomic E-state index is 13.5. The fourth-order valence-electron chi connectivity index (χ4n) is 1.99. The molecule has 0 unspecified atom stereocenters. The second kappa shape index (κ2) is 5.68. The van der Waals surface area contributed by atoms with E-state index < -0.39 is 5.92 Å². The first-order valence-electron chi connectivity index (χ1n) is 6.28. The Balaban J connectivity index is 3.12. The number of carbonyl (C=O) groups excluding carboxylic acids is 1. The first-order chi connectivity index (χ1) is 8.62. The molecule has 0 saturated carbocycles. The molecule has 0 saturated heterocycles. The first-order valence-corrected chi connectivity index (χ1v) is 6.28. The van der Waals surface area contributed by atoms with E-state index in [4.69, 9.17) is 0 Å². The number of allylic oxidation sites excluding steroid dienone is 2. The third kappa shape index (κ3) is 4.02. The Bertz CT molecular complexity index is 527. The Hall–Kier alpha value is -1.45. The summed E-state index contributed by atoms with van der Waals surface area (Å²) in [5, 5.41) is 0. The fourth-order valence-corrected chi connectivity index (χ4v) is 1.99. The van der Waals surface area contributed by atoms with Crippen molar-refractivity contribution in [2.45, 2.75) is 40.0 Å². The van der Waals surface area contributed by atoms with Crippen LogP contribution in [0.3, 0.4) is 0 Å². The van der Waals surface area contributed by atoms with Crippen molar-refractivity contribution in [3.8, 4) is 0 Å². The van der Waals surface area contributed by atoms with Crippen molar-refractivity contribution in [3.05, 3.63) is 40.5 Å². The summed E-state index contributed by atoms with van der Waals surface area (Å²) in [4.78, 5) is 11.3. The molecule has 0 atom stereocenters. The van der Waals surface area contributed by atoms with Gasteiger partial charge in [-0.15, -0.1) is 0 Å². The molecule has 1 nitrogen and oxygen atoms in total. The van der Waals surface area contributed by atoms with Crippen molar-refractivity contribution in [2.24, 2.45) is 0 Å². The monoisotopic (exact) mass is 264 g/mol. The maximum absolute atomic E-state index is 13.5. The summed E-state index contributed by atoms with van der Waals surface area (Å²) in [6.45, 7) is 6.05. The van der Waals surface area contributed by atoms with Gasteiger partial charge in [-0.05, 0) is 38.3 Å². The predicted octanol–water partition coefficient (Wildman–Crippen LogP) is 2.52. The van der Waals surface area contributed by atoms with Crippen LogP contribution in [-0.4, -0.2) is 13.6 Å². The Kier molecular flexibility index (Phi) is 4.67. The molecule has 0 N–H and O–H groups in total. The Morgan fingerprint density at radius 2 is 1.84 bits per heavy atom. The zero-order valence-electron chi connectivity index (χ0n) is 12.1. The molecule has 1 aromatic carbocycles. The van der Waals surface area contributed by atoms with Crippen molar-refractivity contribution in [1.29, 1.82) is 0 Å². The highest BCUT2D eigenvalue weighted by atomic mass is 19.3. The summed E-state index contributed by atoms with van der Waals surface area (Å²) in [5.74, 6) is -2.82. The number of halogens is 2. The summed E-state index contributed by atoms with van der Waals surface area (Å²) < 4.78 is 26.9. The number of carbonyl (C=O) groups is 1. The van der Waals surface area contributed by atoms with E-state index >= 15 is 0 Å². The second-order valence-electron chi connectivity index (χ2n) is 5.18. The highest BCUT2D eigenvalue weighted by Gasteiger charge is 2.26. The number of Topliss-reactive ketones (excluding diaryl/α,β-unsaturated/α-hetero) is 1. The van der Waals surface area contributed by atoms with Gasteiger partial charge in [-0.3, -0.25) is 4.79 Å². The van der Waals surface area contributed by atoms with Gasteiger partial charge >= 0.3 is 0 Å². The minimum absolute atomic E-state index is 0.0191. The number of hydrogen-bond donors (Lipinski definition) is 0. The van der Waals surface area contributed by atoms with Crippen LogP contribution >= 0.6 is 0 Å². The van der Waals surface area contributed by atoms with Gasteiger partial charge in [-0.25, -0.2) is 8.78 Å². The van der Waals surface area contributed by atoms with Crippen LogP contribution in [-0.2, 0) is 17.1 Å². The van der Waals surface area contributed by atoms with Gasteiger partial charge in [0.1, 0.15) is 7.85 Å². The molecule has 1 aromatic rings. The van der Waals surface area contributed by atoms with Crippen LogP contribution in [0.5, 0.6) is 0 Å². The maximum Gasteiger partial charge on any atom is 0.269 e. The SMILES string of the molecule is Bc1ccc(C/C(C)=C(/C)C(C)=O)cc1C(C)(F)F. The zero-order chi connectivity index (χ0) is 14.8. The molecule has 0 aliphatic rings. The average Bonchev–Trinajstić information content (AvgIpc) is 2.28. The highest BCUT2D eigenvalue weighted by molar-refractivity contribution is 6.33. The number of hydrogen-bond acceptors (Lipinski definition) is 1. The second-order valence-corrected chi connectivity index (χ2v) is 5.18. The third-order valence-corrected chi connectivity index (χ3v) is 3.41. The minimum Gasteiger partial charge on any atom is -0.295 e. The normalized spacial score (nSPS) is 13.2. The fraction of sp³-hybridized carbons (Fsp3) is 0.400. The molecule has 19 heavy (non-hydrogen) atoms. The highest BCUT2D eigenvalue weighted by Crippen LogP contribution is 2.26. The topological polar surface area (TPSA) is 17.1 Å². The minimum atomic E-state index is -2.84. The van der Waals surface area contributed by atoms with Gasteiger partial charge in [0.05, 0.1) is 0 Å². The molecular weight excluding hydrogens is 245 g/mol. The lowest BCUT2D eigenvalue weighted by Gasteiger charge is -2.16. The van der Waals surface area contributed by atoms with Crippen LogP contribution < -0.4 is 5.46 Å². The van der Waals surface area contributed by atoms with Crippen molar-refractivity contribution in [3.63, 3.8) is 0 Å². The molecule has 0 aromatic heterocycles. The summed E-state index contributed by atoms with van der Waals surface area (Å²) in [7, 11) is 1.68. The van der Waals surface area contributed by atoms with Crippen molar-refractivity contribution >= 4 is 19.1 Å². The van der Waals surface area contributed by atoms with Gasteiger partial charge in [0.25, 0.3) is 5.92 Å². The van der Waals surface area contributed by atoms with E-state index in [2.05, 4.69) is 0 Å². The van der Waals surface area contributed by atoms with Gasteiger partial charge < -0.3 is 0 Å². The van der Waals surface area contributed by atoms with Gasteiger partial charge in [0.15, 0.2) is 5.78 Å². The van der Waals surface area contributed by atoms with Gasteiger partial charge in [0, 0.05) is 12.5 Å². The predicted molar refractivity (Wildman–Crippen MR) is 76.9 cm³/mol. The molecular formula is C15H19BF2O. The molecule has 0 amide bonds. The molecule has 0 fully saturated rings.